The van der Waals surface area contributed by atoms with E-state index in [0.29, 0.717) is 42.8 Å². The number of morpholine rings is 1. The highest BCUT2D eigenvalue weighted by Crippen LogP contribution is 2.36. The molecule has 1 aliphatic heterocycles. The number of pyridine rings is 1. The number of rotatable bonds is 5. The van der Waals surface area contributed by atoms with Crippen LogP contribution in [0.15, 0.2) is 41.6 Å². The Morgan fingerprint density at radius 1 is 1.24 bits per heavy atom. The number of hydrogen-bond acceptors (Lipinski definition) is 6. The van der Waals surface area contributed by atoms with Gasteiger partial charge in [0.1, 0.15) is 0 Å². The van der Waals surface area contributed by atoms with Gasteiger partial charge >= 0.3 is 0 Å². The minimum absolute atomic E-state index is 0. The standard InChI is InChI=1S/C18H20ClN5O3S.ClH/c1-20-28(25,26)12-2-3-16(24-6-8-27-9-7-24)14(10-12)23-17-13-4-5-21-15(13)11-22-18(17)19;/h2-5,10-11,20-21,23H,6-9H2,1H3;1H. The molecule has 0 unspecified atom stereocenters. The summed E-state index contributed by atoms with van der Waals surface area (Å²) in [4.78, 5) is 9.63. The quantitative estimate of drug-likeness (QED) is 0.509. The maximum absolute atomic E-state index is 12.3. The van der Waals surface area contributed by atoms with E-state index in [1.54, 1.807) is 30.6 Å². The first kappa shape index (κ1) is 21.7. The van der Waals surface area contributed by atoms with E-state index in [4.69, 9.17) is 16.3 Å². The van der Waals surface area contributed by atoms with E-state index in [9.17, 15) is 8.42 Å². The number of H-pyrrole nitrogens is 1. The van der Waals surface area contributed by atoms with Gasteiger partial charge in [-0.3, -0.25) is 0 Å². The Balaban J connectivity index is 0.00000240. The van der Waals surface area contributed by atoms with Crippen molar-refractivity contribution in [1.29, 1.82) is 0 Å². The summed E-state index contributed by atoms with van der Waals surface area (Å²) in [6.45, 7) is 2.66. The van der Waals surface area contributed by atoms with Gasteiger partial charge in [-0.15, -0.1) is 12.4 Å². The minimum Gasteiger partial charge on any atom is -0.378 e. The zero-order valence-corrected chi connectivity index (χ0v) is 18.0. The highest BCUT2D eigenvalue weighted by Gasteiger charge is 2.20. The molecule has 0 bridgehead atoms. The van der Waals surface area contributed by atoms with Crippen LogP contribution in [0.1, 0.15) is 0 Å². The van der Waals surface area contributed by atoms with E-state index in [-0.39, 0.29) is 17.3 Å². The molecule has 3 N–H and O–H groups in total. The van der Waals surface area contributed by atoms with Crippen LogP contribution in [0.2, 0.25) is 5.15 Å². The number of halogens is 2. The number of fused-ring (bicyclic) bond motifs is 1. The Hall–Kier alpha value is -2.04. The molecule has 8 nitrogen and oxygen atoms in total. The first-order valence-corrected chi connectivity index (χ1v) is 10.6. The summed E-state index contributed by atoms with van der Waals surface area (Å²) < 4.78 is 32.4. The van der Waals surface area contributed by atoms with Crippen molar-refractivity contribution in [2.24, 2.45) is 0 Å². The van der Waals surface area contributed by atoms with Gasteiger partial charge in [0.05, 0.1) is 46.9 Å². The van der Waals surface area contributed by atoms with Gasteiger partial charge in [-0.2, -0.15) is 0 Å². The van der Waals surface area contributed by atoms with Crippen molar-refractivity contribution in [3.05, 3.63) is 41.8 Å². The number of sulfonamides is 1. The Labute approximate surface area is 180 Å². The van der Waals surface area contributed by atoms with Crippen molar-refractivity contribution in [3.8, 4) is 0 Å². The third kappa shape index (κ3) is 4.29. The van der Waals surface area contributed by atoms with Gasteiger partial charge in [-0.1, -0.05) is 11.6 Å². The molecule has 4 rings (SSSR count). The summed E-state index contributed by atoms with van der Waals surface area (Å²) in [7, 11) is -2.20. The molecule has 1 aromatic carbocycles. The van der Waals surface area contributed by atoms with Gasteiger partial charge < -0.3 is 19.9 Å². The van der Waals surface area contributed by atoms with Crippen LogP contribution >= 0.6 is 24.0 Å². The largest absolute Gasteiger partial charge is 0.378 e. The van der Waals surface area contributed by atoms with Gasteiger partial charge in [-0.05, 0) is 31.3 Å². The molecular formula is C18H21Cl2N5O3S. The topological polar surface area (TPSA) is 99.3 Å². The molecule has 3 heterocycles. The third-order valence-electron chi connectivity index (χ3n) is 4.72. The summed E-state index contributed by atoms with van der Waals surface area (Å²) in [5, 5.41) is 4.49. The lowest BCUT2D eigenvalue weighted by molar-refractivity contribution is 0.123. The molecule has 0 amide bonds. The van der Waals surface area contributed by atoms with Gasteiger partial charge in [0, 0.05) is 24.7 Å². The Morgan fingerprint density at radius 2 is 2.00 bits per heavy atom. The summed E-state index contributed by atoms with van der Waals surface area (Å²) >= 11 is 6.35. The predicted octanol–water partition coefficient (Wildman–Crippen LogP) is 3.13. The van der Waals surface area contributed by atoms with Crippen LogP contribution in [-0.4, -0.2) is 51.7 Å². The molecule has 1 saturated heterocycles. The van der Waals surface area contributed by atoms with Crippen molar-refractivity contribution in [2.45, 2.75) is 4.90 Å². The average molecular weight is 458 g/mol. The van der Waals surface area contributed by atoms with Crippen molar-refractivity contribution >= 4 is 62.0 Å². The van der Waals surface area contributed by atoms with E-state index in [1.807, 2.05) is 6.07 Å². The molecule has 2 aromatic heterocycles. The monoisotopic (exact) mass is 457 g/mol. The van der Waals surface area contributed by atoms with Crippen molar-refractivity contribution in [2.75, 3.05) is 43.6 Å². The number of anilines is 3. The van der Waals surface area contributed by atoms with Gasteiger partial charge in [-0.25, -0.2) is 18.1 Å². The predicted molar refractivity (Wildman–Crippen MR) is 117 cm³/mol. The first-order valence-electron chi connectivity index (χ1n) is 8.78. The molecular weight excluding hydrogens is 437 g/mol. The second-order valence-electron chi connectivity index (χ2n) is 6.34. The Morgan fingerprint density at radius 3 is 2.72 bits per heavy atom. The smallest absolute Gasteiger partial charge is 0.240 e. The van der Waals surface area contributed by atoms with Crippen molar-refractivity contribution in [1.82, 2.24) is 14.7 Å². The lowest BCUT2D eigenvalue weighted by Gasteiger charge is -2.31. The summed E-state index contributed by atoms with van der Waals surface area (Å²) in [6, 6.07) is 6.90. The highest BCUT2D eigenvalue weighted by atomic mass is 35.5. The lowest BCUT2D eigenvalue weighted by atomic mass is 10.2. The van der Waals surface area contributed by atoms with E-state index >= 15 is 0 Å². The van der Waals surface area contributed by atoms with Gasteiger partial charge in [0.15, 0.2) is 5.15 Å². The Bertz CT molecular complexity index is 1110. The van der Waals surface area contributed by atoms with Crippen LogP contribution in [-0.2, 0) is 14.8 Å². The normalized spacial score (nSPS) is 14.6. The zero-order chi connectivity index (χ0) is 19.7. The molecule has 0 atom stereocenters. The molecule has 1 aliphatic rings. The zero-order valence-electron chi connectivity index (χ0n) is 15.6. The number of aromatic nitrogens is 2. The number of nitrogens with zero attached hydrogens (tertiary/aromatic N) is 2. The van der Waals surface area contributed by atoms with Crippen LogP contribution in [0, 0.1) is 0 Å². The third-order valence-corrected chi connectivity index (χ3v) is 6.42. The maximum Gasteiger partial charge on any atom is 0.240 e. The maximum atomic E-state index is 12.3. The molecule has 0 spiro atoms. The molecule has 11 heteroatoms. The van der Waals surface area contributed by atoms with Gasteiger partial charge in [0.25, 0.3) is 0 Å². The first-order chi connectivity index (χ1) is 13.5. The number of ether oxygens (including phenoxy) is 1. The van der Waals surface area contributed by atoms with Crippen LogP contribution in [0.4, 0.5) is 17.1 Å². The van der Waals surface area contributed by atoms with Crippen LogP contribution in [0.3, 0.4) is 0 Å². The van der Waals surface area contributed by atoms with Gasteiger partial charge in [0.2, 0.25) is 10.0 Å². The number of aromatic amines is 1. The van der Waals surface area contributed by atoms with Crippen LogP contribution in [0.25, 0.3) is 10.9 Å². The number of hydrogen-bond donors (Lipinski definition) is 3. The minimum atomic E-state index is -3.59. The fraction of sp³-hybridized carbons (Fsp3) is 0.278. The van der Waals surface area contributed by atoms with Crippen LogP contribution in [0.5, 0.6) is 0 Å². The molecule has 3 aromatic rings. The SMILES string of the molecule is CNS(=O)(=O)c1ccc(N2CCOCC2)c(Nc2c(Cl)ncc3[nH]ccc23)c1.Cl. The second kappa shape index (κ2) is 8.76. The molecule has 0 radical (unpaired) electrons. The molecule has 1 fully saturated rings. The Kier molecular flexibility index (Phi) is 6.55. The fourth-order valence-electron chi connectivity index (χ4n) is 3.24. The molecule has 0 saturated carbocycles. The van der Waals surface area contributed by atoms with E-state index < -0.39 is 10.0 Å². The molecule has 0 aliphatic carbocycles. The lowest BCUT2D eigenvalue weighted by Crippen LogP contribution is -2.36. The van der Waals surface area contributed by atoms with E-state index in [1.165, 1.54) is 7.05 Å². The summed E-state index contributed by atoms with van der Waals surface area (Å²) in [5.41, 5.74) is 2.96. The van der Waals surface area contributed by atoms with E-state index in [2.05, 4.69) is 24.9 Å². The second-order valence-corrected chi connectivity index (χ2v) is 8.58. The molecule has 156 valence electrons. The van der Waals surface area contributed by atoms with E-state index in [0.717, 1.165) is 16.6 Å². The van der Waals surface area contributed by atoms with Crippen molar-refractivity contribution in [3.63, 3.8) is 0 Å². The number of nitrogens with one attached hydrogen (secondary N) is 3. The number of benzene rings is 1. The highest BCUT2D eigenvalue weighted by molar-refractivity contribution is 7.89. The summed E-state index contributed by atoms with van der Waals surface area (Å²) in [6.07, 6.45) is 3.46. The fourth-order valence-corrected chi connectivity index (χ4v) is 4.19. The molecule has 29 heavy (non-hydrogen) atoms. The van der Waals surface area contributed by atoms with Crippen molar-refractivity contribution < 1.29 is 13.2 Å². The van der Waals surface area contributed by atoms with Crippen LogP contribution < -0.4 is 14.9 Å². The summed E-state index contributed by atoms with van der Waals surface area (Å²) in [5.74, 6) is 0. The average Bonchev–Trinajstić information content (AvgIpc) is 3.20.